The Morgan fingerprint density at radius 3 is 2.29 bits per heavy atom. The van der Waals surface area contributed by atoms with Gasteiger partial charge in [-0.2, -0.15) is 13.2 Å². The normalized spacial score (nSPS) is 10.8. The molecule has 0 saturated carbocycles. The molecule has 0 aliphatic heterocycles. The summed E-state index contributed by atoms with van der Waals surface area (Å²) in [7, 11) is 0. The second-order valence-corrected chi connectivity index (χ2v) is 2.77. The van der Waals surface area contributed by atoms with Crippen molar-refractivity contribution in [2.45, 2.75) is 6.18 Å². The molecule has 2 N–H and O–H groups in total. The molecule has 1 aromatic heterocycles. The van der Waals surface area contributed by atoms with Crippen molar-refractivity contribution >= 4 is 17.0 Å². The van der Waals surface area contributed by atoms with Crippen LogP contribution in [0.4, 0.5) is 13.2 Å². The van der Waals surface area contributed by atoms with E-state index < -0.39 is 12.1 Å². The van der Waals surface area contributed by atoms with E-state index in [4.69, 9.17) is 15.1 Å². The Balaban J connectivity index is 0.000000185. The lowest BCUT2D eigenvalue weighted by Gasteiger charge is -1.93. The van der Waals surface area contributed by atoms with Crippen LogP contribution < -0.4 is 0 Å². The van der Waals surface area contributed by atoms with Gasteiger partial charge in [-0.3, -0.25) is 0 Å². The average molecular weight is 249 g/mol. The first kappa shape index (κ1) is 12.7. The van der Waals surface area contributed by atoms with Gasteiger partial charge in [-0.1, -0.05) is 17.0 Å². The van der Waals surface area contributed by atoms with E-state index in [2.05, 4.69) is 10.3 Å². The zero-order valence-corrected chi connectivity index (χ0v) is 8.09. The molecule has 1 heterocycles. The summed E-state index contributed by atoms with van der Waals surface area (Å²) < 4.78 is 31.7. The van der Waals surface area contributed by atoms with Gasteiger partial charge in [0.05, 0.1) is 0 Å². The van der Waals surface area contributed by atoms with Crippen molar-refractivity contribution in [1.29, 1.82) is 0 Å². The maximum absolute atomic E-state index is 10.6. The van der Waals surface area contributed by atoms with Crippen LogP contribution in [0.25, 0.3) is 11.0 Å². The van der Waals surface area contributed by atoms with E-state index in [0.717, 1.165) is 4.85 Å². The van der Waals surface area contributed by atoms with E-state index in [1.165, 1.54) is 0 Å². The third kappa shape index (κ3) is 3.33. The molecule has 0 atom stereocenters. The van der Waals surface area contributed by atoms with Gasteiger partial charge in [-0.15, -0.1) is 5.10 Å². The first-order valence-corrected chi connectivity index (χ1v) is 4.12. The Bertz CT molecular complexity index is 523. The fourth-order valence-corrected chi connectivity index (χ4v) is 0.857. The average Bonchev–Trinajstić information content (AvgIpc) is 2.61. The molecule has 17 heavy (non-hydrogen) atoms. The Morgan fingerprint density at radius 1 is 1.29 bits per heavy atom. The molecule has 2 aromatic rings. The zero-order valence-electron chi connectivity index (χ0n) is 8.09. The molecule has 0 fully saturated rings. The smallest absolute Gasteiger partial charge is 0.475 e. The molecule has 92 valence electrons. The maximum Gasteiger partial charge on any atom is 0.490 e. The molecule has 6 nitrogen and oxygen atoms in total. The van der Waals surface area contributed by atoms with Crippen LogP contribution in [0.15, 0.2) is 24.3 Å². The van der Waals surface area contributed by atoms with E-state index in [-0.39, 0.29) is 0 Å². The molecule has 0 bridgehead atoms. The molecule has 2 rings (SSSR count). The number of aromatic nitrogens is 3. The van der Waals surface area contributed by atoms with Crippen molar-refractivity contribution < 1.29 is 28.3 Å². The van der Waals surface area contributed by atoms with Crippen molar-refractivity contribution in [2.75, 3.05) is 0 Å². The summed E-state index contributed by atoms with van der Waals surface area (Å²) in [5.74, 6) is -2.76. The van der Waals surface area contributed by atoms with Gasteiger partial charge in [0.25, 0.3) is 0 Å². The summed E-state index contributed by atoms with van der Waals surface area (Å²) in [5, 5.41) is 23.2. The molecular weight excluding hydrogens is 243 g/mol. The number of carbonyl (C=O) groups is 1. The highest BCUT2D eigenvalue weighted by Gasteiger charge is 2.38. The molecule has 9 heteroatoms. The third-order valence-electron chi connectivity index (χ3n) is 1.58. The van der Waals surface area contributed by atoms with E-state index in [1.54, 1.807) is 12.1 Å². The Hall–Kier alpha value is -2.32. The van der Waals surface area contributed by atoms with Gasteiger partial charge >= 0.3 is 12.1 Å². The molecule has 0 aliphatic rings. The lowest BCUT2D eigenvalue weighted by Crippen LogP contribution is -2.21. The third-order valence-corrected chi connectivity index (χ3v) is 1.58. The van der Waals surface area contributed by atoms with Crippen LogP contribution in [-0.4, -0.2) is 37.6 Å². The predicted molar refractivity (Wildman–Crippen MR) is 48.4 cm³/mol. The predicted octanol–water partition coefficient (Wildman–Crippen LogP) is 1.30. The van der Waals surface area contributed by atoms with Crippen molar-refractivity contribution in [3.8, 4) is 0 Å². The van der Waals surface area contributed by atoms with Crippen molar-refractivity contribution in [1.82, 2.24) is 15.2 Å². The number of nitrogens with zero attached hydrogens (tertiary/aromatic N) is 3. The van der Waals surface area contributed by atoms with Crippen LogP contribution in [0, 0.1) is 0 Å². The maximum atomic E-state index is 10.6. The lowest BCUT2D eigenvalue weighted by atomic mass is 10.3. The van der Waals surface area contributed by atoms with Gasteiger partial charge in [0.2, 0.25) is 0 Å². The summed E-state index contributed by atoms with van der Waals surface area (Å²) in [6.45, 7) is 0. The molecule has 0 spiro atoms. The fourth-order valence-electron chi connectivity index (χ4n) is 0.857. The van der Waals surface area contributed by atoms with Crippen molar-refractivity contribution in [3.63, 3.8) is 0 Å². The lowest BCUT2D eigenvalue weighted by molar-refractivity contribution is -0.192. The summed E-state index contributed by atoms with van der Waals surface area (Å²) in [5.41, 5.74) is 1.33. The summed E-state index contributed by atoms with van der Waals surface area (Å²) in [4.78, 5) is 9.66. The highest BCUT2D eigenvalue weighted by Crippen LogP contribution is 2.13. The fraction of sp³-hybridized carbons (Fsp3) is 0.125. The van der Waals surface area contributed by atoms with Crippen LogP contribution in [0.3, 0.4) is 0 Å². The quantitative estimate of drug-likeness (QED) is 0.687. The minimum absolute atomic E-state index is 0.627. The summed E-state index contributed by atoms with van der Waals surface area (Å²) >= 11 is 0. The number of benzene rings is 1. The van der Waals surface area contributed by atoms with Crippen molar-refractivity contribution in [3.05, 3.63) is 24.3 Å². The van der Waals surface area contributed by atoms with Crippen LogP contribution >= 0.6 is 0 Å². The monoisotopic (exact) mass is 249 g/mol. The molecule has 0 radical (unpaired) electrons. The van der Waals surface area contributed by atoms with Crippen LogP contribution in [0.2, 0.25) is 0 Å². The number of carboxylic acids is 1. The van der Waals surface area contributed by atoms with E-state index in [9.17, 15) is 13.2 Å². The van der Waals surface area contributed by atoms with E-state index >= 15 is 0 Å². The Kier molecular flexibility index (Phi) is 3.51. The largest absolute Gasteiger partial charge is 0.490 e. The second kappa shape index (κ2) is 4.68. The first-order valence-electron chi connectivity index (χ1n) is 4.12. The van der Waals surface area contributed by atoms with Crippen molar-refractivity contribution in [2.24, 2.45) is 0 Å². The van der Waals surface area contributed by atoms with Crippen LogP contribution in [0.5, 0.6) is 0 Å². The van der Waals surface area contributed by atoms with Gasteiger partial charge in [0.1, 0.15) is 11.0 Å². The van der Waals surface area contributed by atoms with Gasteiger partial charge in [-0.05, 0) is 17.3 Å². The van der Waals surface area contributed by atoms with E-state index in [0.29, 0.717) is 11.0 Å². The number of para-hydroxylation sites is 1. The molecule has 1 aromatic carbocycles. The topological polar surface area (TPSA) is 88.2 Å². The summed E-state index contributed by atoms with van der Waals surface area (Å²) in [6, 6.07) is 7.19. The number of aliphatic carboxylic acids is 1. The van der Waals surface area contributed by atoms with Gasteiger partial charge in [0, 0.05) is 0 Å². The van der Waals surface area contributed by atoms with Crippen LogP contribution in [-0.2, 0) is 4.79 Å². The zero-order chi connectivity index (χ0) is 13.1. The van der Waals surface area contributed by atoms with Gasteiger partial charge < -0.3 is 10.3 Å². The van der Waals surface area contributed by atoms with Gasteiger partial charge in [0.15, 0.2) is 0 Å². The molecular formula is C8H6F3N3O3. The highest BCUT2D eigenvalue weighted by molar-refractivity contribution is 5.73. The number of hydrogen-bond acceptors (Lipinski definition) is 4. The van der Waals surface area contributed by atoms with Gasteiger partial charge in [-0.25, -0.2) is 4.79 Å². The Morgan fingerprint density at radius 2 is 1.82 bits per heavy atom. The number of rotatable bonds is 0. The Labute approximate surface area is 91.8 Å². The number of fused-ring (bicyclic) bond motifs is 1. The number of hydrogen-bond donors (Lipinski definition) is 2. The molecule has 0 saturated heterocycles. The van der Waals surface area contributed by atoms with E-state index in [1.807, 2.05) is 12.1 Å². The second-order valence-electron chi connectivity index (χ2n) is 2.77. The number of halogens is 3. The SMILES string of the molecule is O=C(O)C(F)(F)F.On1nnc2ccccc21. The first-order chi connectivity index (χ1) is 7.82. The van der Waals surface area contributed by atoms with Crippen LogP contribution in [0.1, 0.15) is 0 Å². The number of alkyl halides is 3. The summed E-state index contributed by atoms with van der Waals surface area (Å²) in [6.07, 6.45) is -5.08. The highest BCUT2D eigenvalue weighted by atomic mass is 19.4. The molecule has 0 aliphatic carbocycles. The number of carboxylic acid groups (broad SMARTS) is 1. The molecule has 0 unspecified atom stereocenters. The molecule has 0 amide bonds. The minimum Gasteiger partial charge on any atom is -0.475 e. The minimum atomic E-state index is -5.08. The standard InChI is InChI=1S/C6H5N3O.C2HF3O2/c10-9-6-4-2-1-3-5(6)7-8-9;3-2(4,5)1(6)7/h1-4,10H;(H,6,7).